The minimum Gasteiger partial charge on any atom is -0.493 e. The summed E-state index contributed by atoms with van der Waals surface area (Å²) in [5.41, 5.74) is 5.84. The molecule has 1 aliphatic rings. The summed E-state index contributed by atoms with van der Waals surface area (Å²) in [7, 11) is 7.43. The third kappa shape index (κ3) is 3.85. The van der Waals surface area contributed by atoms with Crippen LogP contribution < -0.4 is 9.47 Å². The van der Waals surface area contributed by atoms with E-state index in [2.05, 4.69) is 35.7 Å². The molecule has 1 aromatic heterocycles. The number of fused-ring (bicyclic) bond motifs is 5. The average Bonchev–Trinajstić information content (AvgIpc) is 2.93. The molecule has 164 valence electrons. The Morgan fingerprint density at radius 1 is 1.10 bits per heavy atom. The Kier molecular flexibility index (Phi) is 5.87. The third-order valence-corrected chi connectivity index (χ3v) is 6.09. The van der Waals surface area contributed by atoms with E-state index in [4.69, 9.17) is 9.47 Å². The normalized spacial score (nSPS) is 13.1. The number of nitrogens with zero attached hydrogens (tertiary/aromatic N) is 3. The van der Waals surface area contributed by atoms with Crippen molar-refractivity contribution in [3.05, 3.63) is 51.6 Å². The summed E-state index contributed by atoms with van der Waals surface area (Å²) in [6, 6.07) is 9.40. The van der Waals surface area contributed by atoms with Crippen molar-refractivity contribution in [2.45, 2.75) is 32.2 Å². The first-order chi connectivity index (χ1) is 14.9. The number of methoxy groups -OCH3 is 2. The van der Waals surface area contributed by atoms with Gasteiger partial charge in [0.25, 0.3) is 5.69 Å². The maximum atomic E-state index is 11.5. The number of ether oxygens (including phenoxy) is 2. The summed E-state index contributed by atoms with van der Waals surface area (Å²) in [6.07, 6.45) is 3.86. The number of aryl methyl sites for hydroxylation is 3. The van der Waals surface area contributed by atoms with Crippen molar-refractivity contribution in [1.29, 1.82) is 0 Å². The van der Waals surface area contributed by atoms with Crippen molar-refractivity contribution in [2.75, 3.05) is 34.9 Å². The van der Waals surface area contributed by atoms with E-state index in [0.29, 0.717) is 5.75 Å². The second-order valence-corrected chi connectivity index (χ2v) is 8.31. The van der Waals surface area contributed by atoms with E-state index in [-0.39, 0.29) is 10.6 Å². The predicted molar refractivity (Wildman–Crippen MR) is 122 cm³/mol. The van der Waals surface area contributed by atoms with Crippen LogP contribution >= 0.6 is 0 Å². The van der Waals surface area contributed by atoms with Crippen molar-refractivity contribution in [3.8, 4) is 22.8 Å². The van der Waals surface area contributed by atoms with Gasteiger partial charge in [0, 0.05) is 29.6 Å². The molecule has 7 nitrogen and oxygen atoms in total. The van der Waals surface area contributed by atoms with Gasteiger partial charge in [-0.2, -0.15) is 0 Å². The number of benzene rings is 2. The summed E-state index contributed by atoms with van der Waals surface area (Å²) in [6.45, 7) is 1.74. The fourth-order valence-electron chi connectivity index (χ4n) is 4.67. The van der Waals surface area contributed by atoms with Gasteiger partial charge in [0.05, 0.1) is 30.4 Å². The number of hydrogen-bond donors (Lipinski definition) is 0. The largest absolute Gasteiger partial charge is 0.493 e. The van der Waals surface area contributed by atoms with Crippen LogP contribution in [-0.4, -0.2) is 49.3 Å². The predicted octanol–water partition coefficient (Wildman–Crippen LogP) is 4.67. The topological polar surface area (TPSA) is 69.8 Å². The molecule has 7 heteroatoms. The molecule has 1 aliphatic carbocycles. The summed E-state index contributed by atoms with van der Waals surface area (Å²) >= 11 is 0. The smallest absolute Gasteiger partial charge is 0.271 e. The molecule has 0 N–H and O–H groups in total. The van der Waals surface area contributed by atoms with Gasteiger partial charge in [-0.05, 0) is 75.6 Å². The van der Waals surface area contributed by atoms with Crippen LogP contribution in [0.4, 0.5) is 5.69 Å². The molecule has 0 bridgehead atoms. The lowest BCUT2D eigenvalue weighted by atomic mass is 10.0. The monoisotopic (exact) mass is 423 g/mol. The van der Waals surface area contributed by atoms with Gasteiger partial charge < -0.3 is 18.9 Å². The first-order valence-electron chi connectivity index (χ1n) is 10.6. The number of hydrogen-bond acceptors (Lipinski definition) is 5. The molecule has 2 aromatic carbocycles. The van der Waals surface area contributed by atoms with E-state index in [9.17, 15) is 10.1 Å². The van der Waals surface area contributed by atoms with E-state index in [1.54, 1.807) is 26.4 Å². The molecule has 0 fully saturated rings. The molecule has 0 atom stereocenters. The van der Waals surface area contributed by atoms with Crippen molar-refractivity contribution >= 4 is 16.6 Å². The fraction of sp³-hybridized carbons (Fsp3) is 0.417. The molecule has 0 saturated heterocycles. The van der Waals surface area contributed by atoms with E-state index in [0.717, 1.165) is 66.7 Å². The van der Waals surface area contributed by atoms with Gasteiger partial charge in [-0.25, -0.2) is 0 Å². The van der Waals surface area contributed by atoms with Crippen LogP contribution in [0.5, 0.6) is 11.5 Å². The zero-order valence-electron chi connectivity index (χ0n) is 18.6. The minimum atomic E-state index is -0.316. The lowest BCUT2D eigenvalue weighted by Crippen LogP contribution is -2.15. The quantitative estimate of drug-likeness (QED) is 0.408. The fourth-order valence-corrected chi connectivity index (χ4v) is 4.67. The van der Waals surface area contributed by atoms with Crippen LogP contribution in [-0.2, 0) is 19.4 Å². The van der Waals surface area contributed by atoms with E-state index >= 15 is 0 Å². The van der Waals surface area contributed by atoms with Crippen molar-refractivity contribution in [3.63, 3.8) is 0 Å². The second kappa shape index (κ2) is 8.59. The third-order valence-electron chi connectivity index (χ3n) is 6.09. The summed E-state index contributed by atoms with van der Waals surface area (Å²) in [5.74, 6) is 1.43. The molecular formula is C24H29N3O4. The molecule has 0 amide bonds. The molecule has 31 heavy (non-hydrogen) atoms. The maximum absolute atomic E-state index is 11.5. The number of aromatic nitrogens is 1. The van der Waals surface area contributed by atoms with Crippen molar-refractivity contribution < 1.29 is 14.4 Å². The average molecular weight is 424 g/mol. The molecule has 0 aliphatic heterocycles. The molecule has 4 rings (SSSR count). The van der Waals surface area contributed by atoms with Crippen molar-refractivity contribution in [1.82, 2.24) is 9.47 Å². The maximum Gasteiger partial charge on any atom is 0.271 e. The Balaban J connectivity index is 1.98. The number of rotatable bonds is 7. The van der Waals surface area contributed by atoms with Crippen LogP contribution in [0.1, 0.15) is 24.0 Å². The van der Waals surface area contributed by atoms with Crippen LogP contribution in [0, 0.1) is 10.1 Å². The molecular weight excluding hydrogens is 394 g/mol. The molecule has 1 heterocycles. The van der Waals surface area contributed by atoms with Crippen LogP contribution in [0.25, 0.3) is 22.2 Å². The lowest BCUT2D eigenvalue weighted by molar-refractivity contribution is -0.384. The highest BCUT2D eigenvalue weighted by Crippen LogP contribution is 2.44. The zero-order valence-corrected chi connectivity index (χ0v) is 18.6. The second-order valence-electron chi connectivity index (χ2n) is 8.31. The van der Waals surface area contributed by atoms with Crippen LogP contribution in [0.3, 0.4) is 0 Å². The van der Waals surface area contributed by atoms with Gasteiger partial charge >= 0.3 is 0 Å². The Labute approximate surface area is 182 Å². The number of nitro benzene ring substituents is 1. The van der Waals surface area contributed by atoms with Gasteiger partial charge in [-0.15, -0.1) is 0 Å². The van der Waals surface area contributed by atoms with Crippen LogP contribution in [0.2, 0.25) is 0 Å². The summed E-state index contributed by atoms with van der Waals surface area (Å²) in [5, 5.41) is 12.6. The Hall–Kier alpha value is -3.06. The van der Waals surface area contributed by atoms with Crippen LogP contribution in [0.15, 0.2) is 30.3 Å². The number of non-ortho nitro benzene ring substituents is 1. The van der Waals surface area contributed by atoms with Crippen molar-refractivity contribution in [2.24, 2.45) is 0 Å². The molecule has 0 unspecified atom stereocenters. The molecule has 0 saturated carbocycles. The SMILES string of the molecule is COc1cc2c(cc1OC)-c1c(c3ccc([N+](=O)[O-])cc3n1CCCN(C)C)CCC2. The van der Waals surface area contributed by atoms with E-state index in [1.165, 1.54) is 11.1 Å². The molecule has 0 radical (unpaired) electrons. The Morgan fingerprint density at radius 3 is 2.52 bits per heavy atom. The Morgan fingerprint density at radius 2 is 1.84 bits per heavy atom. The first kappa shape index (κ1) is 21.2. The van der Waals surface area contributed by atoms with Gasteiger partial charge in [-0.3, -0.25) is 10.1 Å². The Bertz CT molecular complexity index is 1130. The molecule has 0 spiro atoms. The van der Waals surface area contributed by atoms with E-state index in [1.807, 2.05) is 6.07 Å². The highest BCUT2D eigenvalue weighted by molar-refractivity contribution is 5.94. The number of nitro groups is 1. The summed E-state index contributed by atoms with van der Waals surface area (Å²) < 4.78 is 13.4. The molecule has 3 aromatic rings. The van der Waals surface area contributed by atoms with E-state index < -0.39 is 0 Å². The highest BCUT2D eigenvalue weighted by atomic mass is 16.6. The standard InChI is InChI=1S/C24H29N3O4/c1-25(2)11-6-12-26-21-14-17(27(28)29)9-10-18(21)19-8-5-7-16-13-22(30-3)23(31-4)15-20(16)24(19)26/h9-10,13-15H,5-8,11-12H2,1-4H3. The van der Waals surface area contributed by atoms with Gasteiger partial charge in [0.2, 0.25) is 0 Å². The first-order valence-corrected chi connectivity index (χ1v) is 10.6. The van der Waals surface area contributed by atoms with Gasteiger partial charge in [0.15, 0.2) is 11.5 Å². The zero-order chi connectivity index (χ0) is 22.1. The van der Waals surface area contributed by atoms with Gasteiger partial charge in [0.1, 0.15) is 0 Å². The minimum absolute atomic E-state index is 0.126. The summed E-state index contributed by atoms with van der Waals surface area (Å²) in [4.78, 5) is 13.3. The lowest BCUT2D eigenvalue weighted by Gasteiger charge is -2.17. The van der Waals surface area contributed by atoms with Gasteiger partial charge in [-0.1, -0.05) is 0 Å². The highest BCUT2D eigenvalue weighted by Gasteiger charge is 2.26.